The highest BCUT2D eigenvalue weighted by Crippen LogP contribution is 2.28. The highest BCUT2D eigenvalue weighted by atomic mass is 19.1. The summed E-state index contributed by atoms with van der Waals surface area (Å²) in [6.45, 7) is 5.43. The van der Waals surface area contributed by atoms with E-state index in [1.165, 1.54) is 23.4 Å². The van der Waals surface area contributed by atoms with Crippen LogP contribution in [0.15, 0.2) is 36.4 Å². The number of aryl methyl sites for hydroxylation is 1. The Kier molecular flexibility index (Phi) is 3.50. The second-order valence-corrected chi connectivity index (χ2v) is 5.85. The van der Waals surface area contributed by atoms with Crippen molar-refractivity contribution in [1.82, 2.24) is 9.97 Å². The van der Waals surface area contributed by atoms with Crippen LogP contribution in [0.2, 0.25) is 0 Å². The number of morpholine rings is 1. The molecule has 0 saturated carbocycles. The Morgan fingerprint density at radius 2 is 1.96 bits per heavy atom. The van der Waals surface area contributed by atoms with Crippen LogP contribution in [0.25, 0.3) is 22.4 Å². The van der Waals surface area contributed by atoms with Gasteiger partial charge < -0.3 is 14.6 Å². The molecule has 4 rings (SSSR count). The number of fused-ring (bicyclic) bond motifs is 1. The molecule has 0 bridgehead atoms. The summed E-state index contributed by atoms with van der Waals surface area (Å²) in [6, 6.07) is 10.9. The Labute approximate surface area is 133 Å². The van der Waals surface area contributed by atoms with Crippen molar-refractivity contribution >= 4 is 16.7 Å². The molecule has 1 saturated heterocycles. The fourth-order valence-corrected chi connectivity index (χ4v) is 3.02. The fraction of sp³-hybridized carbons (Fsp3) is 0.278. The number of nitrogens with zero attached hydrogens (tertiary/aromatic N) is 2. The van der Waals surface area contributed by atoms with Gasteiger partial charge in [0.2, 0.25) is 0 Å². The van der Waals surface area contributed by atoms with Gasteiger partial charge in [0.1, 0.15) is 11.6 Å². The maximum absolute atomic E-state index is 13.3. The number of aromatic amines is 1. The molecule has 23 heavy (non-hydrogen) atoms. The van der Waals surface area contributed by atoms with Gasteiger partial charge >= 0.3 is 0 Å². The van der Waals surface area contributed by atoms with Gasteiger partial charge in [-0.3, -0.25) is 0 Å². The van der Waals surface area contributed by atoms with Gasteiger partial charge in [-0.1, -0.05) is 12.1 Å². The van der Waals surface area contributed by atoms with Gasteiger partial charge in [-0.25, -0.2) is 9.37 Å². The molecule has 0 radical (unpaired) electrons. The van der Waals surface area contributed by atoms with E-state index < -0.39 is 0 Å². The Morgan fingerprint density at radius 3 is 2.78 bits per heavy atom. The molecule has 0 spiro atoms. The van der Waals surface area contributed by atoms with Crippen molar-refractivity contribution in [1.29, 1.82) is 0 Å². The summed E-state index contributed by atoms with van der Waals surface area (Å²) in [4.78, 5) is 10.1. The van der Waals surface area contributed by atoms with Crippen molar-refractivity contribution in [2.45, 2.75) is 6.92 Å². The zero-order valence-electron chi connectivity index (χ0n) is 13.0. The summed E-state index contributed by atoms with van der Waals surface area (Å²) in [6.07, 6.45) is 0. The summed E-state index contributed by atoms with van der Waals surface area (Å²) in [5.74, 6) is 0.505. The van der Waals surface area contributed by atoms with Gasteiger partial charge in [0, 0.05) is 24.3 Å². The minimum atomic E-state index is -0.259. The third-order valence-electron chi connectivity index (χ3n) is 4.28. The van der Waals surface area contributed by atoms with E-state index in [2.05, 4.69) is 33.9 Å². The Morgan fingerprint density at radius 1 is 1.13 bits per heavy atom. The van der Waals surface area contributed by atoms with Crippen LogP contribution >= 0.6 is 0 Å². The zero-order valence-corrected chi connectivity index (χ0v) is 13.0. The number of ether oxygens (including phenoxy) is 1. The molecule has 1 aromatic heterocycles. The van der Waals surface area contributed by atoms with E-state index in [1.54, 1.807) is 6.07 Å². The molecule has 3 aromatic rings. The average molecular weight is 311 g/mol. The summed E-state index contributed by atoms with van der Waals surface area (Å²) in [7, 11) is 0. The maximum Gasteiger partial charge on any atom is 0.138 e. The smallest absolute Gasteiger partial charge is 0.138 e. The van der Waals surface area contributed by atoms with Crippen LogP contribution in [0.5, 0.6) is 0 Å². The molecule has 4 nitrogen and oxygen atoms in total. The summed E-state index contributed by atoms with van der Waals surface area (Å²) in [5.41, 5.74) is 4.94. The minimum Gasteiger partial charge on any atom is -0.378 e. The lowest BCUT2D eigenvalue weighted by molar-refractivity contribution is 0.122. The van der Waals surface area contributed by atoms with E-state index >= 15 is 0 Å². The Bertz CT molecular complexity index is 853. The highest BCUT2D eigenvalue weighted by Gasteiger charge is 2.15. The number of halogens is 1. The first-order valence-corrected chi connectivity index (χ1v) is 7.80. The monoisotopic (exact) mass is 311 g/mol. The number of H-pyrrole nitrogens is 1. The molecule has 118 valence electrons. The van der Waals surface area contributed by atoms with Gasteiger partial charge in [-0.15, -0.1) is 0 Å². The number of anilines is 1. The number of imidazole rings is 1. The molecule has 0 unspecified atom stereocenters. The molecular formula is C18H18FN3O. The van der Waals surface area contributed by atoms with Crippen LogP contribution in [0.3, 0.4) is 0 Å². The number of nitrogens with one attached hydrogen (secondary N) is 1. The van der Waals surface area contributed by atoms with Crippen LogP contribution in [-0.2, 0) is 4.74 Å². The van der Waals surface area contributed by atoms with Crippen LogP contribution in [0, 0.1) is 12.7 Å². The van der Waals surface area contributed by atoms with Crippen molar-refractivity contribution in [2.24, 2.45) is 0 Å². The van der Waals surface area contributed by atoms with Crippen molar-refractivity contribution in [3.8, 4) is 11.4 Å². The molecule has 0 aliphatic carbocycles. The fourth-order valence-electron chi connectivity index (χ4n) is 3.02. The number of hydrogen-bond acceptors (Lipinski definition) is 3. The van der Waals surface area contributed by atoms with Crippen LogP contribution in [0.4, 0.5) is 10.1 Å². The van der Waals surface area contributed by atoms with E-state index in [-0.39, 0.29) is 5.82 Å². The first-order valence-electron chi connectivity index (χ1n) is 7.80. The second kappa shape index (κ2) is 5.66. The van der Waals surface area contributed by atoms with E-state index in [4.69, 9.17) is 4.74 Å². The molecule has 0 atom stereocenters. The molecule has 2 aromatic carbocycles. The molecule has 1 aliphatic heterocycles. The predicted octanol–water partition coefficient (Wildman–Crippen LogP) is 3.51. The van der Waals surface area contributed by atoms with Gasteiger partial charge in [0.05, 0.1) is 24.2 Å². The normalized spacial score (nSPS) is 15.3. The van der Waals surface area contributed by atoms with Gasteiger partial charge in [0.25, 0.3) is 0 Å². The largest absolute Gasteiger partial charge is 0.378 e. The lowest BCUT2D eigenvalue weighted by Crippen LogP contribution is -2.36. The minimum absolute atomic E-state index is 0.259. The molecule has 1 N–H and O–H groups in total. The topological polar surface area (TPSA) is 41.2 Å². The maximum atomic E-state index is 13.3. The first-order chi connectivity index (χ1) is 11.2. The van der Waals surface area contributed by atoms with Gasteiger partial charge in [-0.2, -0.15) is 0 Å². The molecule has 5 heteroatoms. The first kappa shape index (κ1) is 14.2. The van der Waals surface area contributed by atoms with E-state index in [9.17, 15) is 4.39 Å². The number of benzene rings is 2. The SMILES string of the molecule is Cc1ccc(-c2nc3ccc(F)cc3[nH]2)cc1N1CCOCC1. The van der Waals surface area contributed by atoms with E-state index in [0.29, 0.717) is 5.52 Å². The molecule has 1 fully saturated rings. The Hall–Kier alpha value is -2.40. The highest BCUT2D eigenvalue weighted by molar-refractivity contribution is 5.80. The van der Waals surface area contributed by atoms with Crippen molar-refractivity contribution in [2.75, 3.05) is 31.2 Å². The van der Waals surface area contributed by atoms with Crippen molar-refractivity contribution < 1.29 is 9.13 Å². The molecule has 2 heterocycles. The van der Waals surface area contributed by atoms with Crippen LogP contribution < -0.4 is 4.90 Å². The van der Waals surface area contributed by atoms with Crippen LogP contribution in [0.1, 0.15) is 5.56 Å². The number of rotatable bonds is 2. The van der Waals surface area contributed by atoms with Crippen molar-refractivity contribution in [3.63, 3.8) is 0 Å². The van der Waals surface area contributed by atoms with E-state index in [0.717, 1.165) is 43.2 Å². The average Bonchev–Trinajstić information content (AvgIpc) is 2.99. The lowest BCUT2D eigenvalue weighted by atomic mass is 10.1. The number of hydrogen-bond donors (Lipinski definition) is 1. The third kappa shape index (κ3) is 2.68. The summed E-state index contributed by atoms with van der Waals surface area (Å²) >= 11 is 0. The second-order valence-electron chi connectivity index (χ2n) is 5.85. The Balaban J connectivity index is 1.75. The summed E-state index contributed by atoms with van der Waals surface area (Å²) < 4.78 is 18.8. The predicted molar refractivity (Wildman–Crippen MR) is 89.3 cm³/mol. The van der Waals surface area contributed by atoms with Gasteiger partial charge in [-0.05, 0) is 36.8 Å². The molecule has 1 aliphatic rings. The van der Waals surface area contributed by atoms with Crippen LogP contribution in [-0.4, -0.2) is 36.3 Å². The standard InChI is InChI=1S/C18H18FN3O/c1-12-2-3-13(10-17(12)22-6-8-23-9-7-22)18-20-15-5-4-14(19)11-16(15)21-18/h2-5,10-11H,6-9H2,1H3,(H,20,21). The lowest BCUT2D eigenvalue weighted by Gasteiger charge is -2.30. The summed E-state index contributed by atoms with van der Waals surface area (Å²) in [5, 5.41) is 0. The number of aromatic nitrogens is 2. The molecule has 0 amide bonds. The third-order valence-corrected chi connectivity index (χ3v) is 4.28. The zero-order chi connectivity index (χ0) is 15.8. The van der Waals surface area contributed by atoms with Gasteiger partial charge in [0.15, 0.2) is 0 Å². The van der Waals surface area contributed by atoms with E-state index in [1.807, 2.05) is 6.07 Å². The molecular weight excluding hydrogens is 293 g/mol. The van der Waals surface area contributed by atoms with Crippen molar-refractivity contribution in [3.05, 3.63) is 47.8 Å². The quantitative estimate of drug-likeness (QED) is 0.787.